The van der Waals surface area contributed by atoms with Gasteiger partial charge in [-0.25, -0.2) is 14.4 Å². The average molecular weight is 359 g/mol. The van der Waals surface area contributed by atoms with Crippen LogP contribution in [0.25, 0.3) is 0 Å². The first kappa shape index (κ1) is 18.8. The molecule has 1 aliphatic rings. The second kappa shape index (κ2) is 8.02. The number of esters is 3. The van der Waals surface area contributed by atoms with Gasteiger partial charge in [-0.2, -0.15) is 0 Å². The van der Waals surface area contributed by atoms with Crippen molar-refractivity contribution >= 4 is 23.6 Å². The van der Waals surface area contributed by atoms with Crippen LogP contribution < -0.4 is 4.90 Å². The van der Waals surface area contributed by atoms with Crippen molar-refractivity contribution in [2.45, 2.75) is 0 Å². The van der Waals surface area contributed by atoms with E-state index in [1.807, 2.05) is 0 Å². The summed E-state index contributed by atoms with van der Waals surface area (Å²) < 4.78 is 14.1. The number of benzene rings is 1. The third-order valence-electron chi connectivity index (χ3n) is 3.55. The van der Waals surface area contributed by atoms with Crippen LogP contribution in [-0.2, 0) is 23.8 Å². The first-order chi connectivity index (χ1) is 12.4. The van der Waals surface area contributed by atoms with Gasteiger partial charge in [-0.3, -0.25) is 0 Å². The number of phenols is 1. The number of allylic oxidation sites excluding steroid dienone is 2. The number of methoxy groups -OCH3 is 3. The van der Waals surface area contributed by atoms with Crippen molar-refractivity contribution in [1.82, 2.24) is 0 Å². The van der Waals surface area contributed by atoms with Crippen molar-refractivity contribution in [3.8, 4) is 5.75 Å². The smallest absolute Gasteiger partial charge is 0.355 e. The molecular formula is C18H17NO7. The second-order valence-electron chi connectivity index (χ2n) is 5.01. The highest BCUT2D eigenvalue weighted by Crippen LogP contribution is 2.34. The Balaban J connectivity index is 2.63. The van der Waals surface area contributed by atoms with Crippen LogP contribution in [0.3, 0.4) is 0 Å². The summed E-state index contributed by atoms with van der Waals surface area (Å²) in [6, 6.07) is 4.02. The number of phenolic OH excluding ortho intramolecular Hbond substituents is 1. The topological polar surface area (TPSA) is 102 Å². The number of hydrogen-bond acceptors (Lipinski definition) is 8. The third kappa shape index (κ3) is 3.59. The number of carbonyl (C=O) groups is 3. The number of aromatic hydroxyl groups is 1. The summed E-state index contributed by atoms with van der Waals surface area (Å²) in [7, 11) is 3.57. The molecule has 8 nitrogen and oxygen atoms in total. The van der Waals surface area contributed by atoms with Crippen LogP contribution in [0, 0.1) is 0 Å². The van der Waals surface area contributed by atoms with Gasteiger partial charge in [0.05, 0.1) is 38.2 Å². The normalized spacial score (nSPS) is 13.3. The maximum Gasteiger partial charge on any atom is 0.355 e. The van der Waals surface area contributed by atoms with Crippen LogP contribution in [0.5, 0.6) is 5.75 Å². The van der Waals surface area contributed by atoms with Gasteiger partial charge in [0.2, 0.25) is 0 Å². The summed E-state index contributed by atoms with van der Waals surface area (Å²) in [6.07, 6.45) is 5.96. The van der Waals surface area contributed by atoms with Gasteiger partial charge in [0.25, 0.3) is 0 Å². The van der Waals surface area contributed by atoms with Gasteiger partial charge in [0.1, 0.15) is 11.4 Å². The van der Waals surface area contributed by atoms with Crippen LogP contribution in [0.1, 0.15) is 10.4 Å². The summed E-state index contributed by atoms with van der Waals surface area (Å²) in [4.78, 5) is 37.3. The maximum atomic E-state index is 12.3. The predicted octanol–water partition coefficient (Wildman–Crippen LogP) is 1.67. The zero-order chi connectivity index (χ0) is 19.3. The van der Waals surface area contributed by atoms with E-state index >= 15 is 0 Å². The number of hydrogen-bond donors (Lipinski definition) is 1. The summed E-state index contributed by atoms with van der Waals surface area (Å²) in [5, 5.41) is 10.3. The Kier molecular flexibility index (Phi) is 5.79. The van der Waals surface area contributed by atoms with Crippen molar-refractivity contribution in [3.05, 3.63) is 59.5 Å². The minimum atomic E-state index is -0.807. The van der Waals surface area contributed by atoms with Crippen molar-refractivity contribution in [2.24, 2.45) is 0 Å². The molecule has 1 aromatic carbocycles. The molecule has 0 spiro atoms. The van der Waals surface area contributed by atoms with E-state index < -0.39 is 17.9 Å². The van der Waals surface area contributed by atoms with Crippen LogP contribution in [-0.4, -0.2) is 44.3 Å². The number of rotatable bonds is 4. The monoisotopic (exact) mass is 359 g/mol. The molecule has 26 heavy (non-hydrogen) atoms. The average Bonchev–Trinajstić information content (AvgIpc) is 2.88. The van der Waals surface area contributed by atoms with E-state index in [0.717, 1.165) is 0 Å². The van der Waals surface area contributed by atoms with Crippen molar-refractivity contribution in [3.63, 3.8) is 0 Å². The molecule has 1 heterocycles. The van der Waals surface area contributed by atoms with Crippen LogP contribution >= 0.6 is 0 Å². The molecule has 0 unspecified atom stereocenters. The maximum absolute atomic E-state index is 12.3. The Morgan fingerprint density at radius 1 is 0.923 bits per heavy atom. The van der Waals surface area contributed by atoms with Gasteiger partial charge in [0, 0.05) is 6.20 Å². The fourth-order valence-corrected chi connectivity index (χ4v) is 2.32. The lowest BCUT2D eigenvalue weighted by molar-refractivity contribution is -0.139. The van der Waals surface area contributed by atoms with E-state index in [4.69, 9.17) is 9.47 Å². The molecule has 0 aromatic heterocycles. The fraction of sp³-hybridized carbons (Fsp3) is 0.167. The number of ether oxygens (including phenoxy) is 3. The number of carbonyl (C=O) groups excluding carboxylic acids is 3. The summed E-state index contributed by atoms with van der Waals surface area (Å²) in [6.45, 7) is 0. The van der Waals surface area contributed by atoms with E-state index in [9.17, 15) is 19.5 Å². The molecule has 0 amide bonds. The molecule has 0 aliphatic carbocycles. The lowest BCUT2D eigenvalue weighted by Gasteiger charge is -2.24. The quantitative estimate of drug-likeness (QED) is 0.640. The first-order valence-electron chi connectivity index (χ1n) is 7.41. The number of nitrogens with zero attached hydrogens (tertiary/aromatic N) is 1. The summed E-state index contributed by atoms with van der Waals surface area (Å²) in [5.41, 5.74) is 0.0770. The van der Waals surface area contributed by atoms with Gasteiger partial charge < -0.3 is 24.2 Å². The van der Waals surface area contributed by atoms with E-state index in [2.05, 4.69) is 4.74 Å². The lowest BCUT2D eigenvalue weighted by atomic mass is 10.1. The molecule has 136 valence electrons. The molecule has 1 aromatic rings. The molecule has 0 atom stereocenters. The highest BCUT2D eigenvalue weighted by atomic mass is 16.5. The minimum Gasteiger partial charge on any atom is -0.506 e. The number of anilines is 1. The summed E-state index contributed by atoms with van der Waals surface area (Å²) in [5.74, 6) is -2.48. The zero-order valence-electron chi connectivity index (χ0n) is 14.4. The molecule has 1 N–H and O–H groups in total. The van der Waals surface area contributed by atoms with Crippen LogP contribution in [0.4, 0.5) is 5.69 Å². The van der Waals surface area contributed by atoms with E-state index in [-0.39, 0.29) is 28.3 Å². The van der Waals surface area contributed by atoms with E-state index in [1.165, 1.54) is 62.8 Å². The van der Waals surface area contributed by atoms with E-state index in [1.54, 1.807) is 6.08 Å². The van der Waals surface area contributed by atoms with E-state index in [0.29, 0.717) is 0 Å². The molecule has 0 bridgehead atoms. The third-order valence-corrected chi connectivity index (χ3v) is 3.55. The van der Waals surface area contributed by atoms with Gasteiger partial charge in [-0.15, -0.1) is 0 Å². The van der Waals surface area contributed by atoms with Gasteiger partial charge in [-0.05, 0) is 30.4 Å². The Morgan fingerprint density at radius 3 is 2.15 bits per heavy atom. The molecule has 2 rings (SSSR count). The molecule has 0 fully saturated rings. The SMILES string of the molecule is COC(=O)C1=C(C(=O)OC)N(c2ccc(C(=O)OC)cc2O)C=CC=C1. The Labute approximate surface area is 149 Å². The highest BCUT2D eigenvalue weighted by molar-refractivity contribution is 6.05. The Hall–Kier alpha value is -3.55. The lowest BCUT2D eigenvalue weighted by Crippen LogP contribution is -2.27. The molecular weight excluding hydrogens is 342 g/mol. The van der Waals surface area contributed by atoms with Crippen molar-refractivity contribution in [1.29, 1.82) is 0 Å². The highest BCUT2D eigenvalue weighted by Gasteiger charge is 2.28. The zero-order valence-corrected chi connectivity index (χ0v) is 14.4. The van der Waals surface area contributed by atoms with Crippen molar-refractivity contribution in [2.75, 3.05) is 26.2 Å². The van der Waals surface area contributed by atoms with Gasteiger partial charge >= 0.3 is 17.9 Å². The van der Waals surface area contributed by atoms with Gasteiger partial charge in [0.15, 0.2) is 0 Å². The van der Waals surface area contributed by atoms with Crippen molar-refractivity contribution < 1.29 is 33.7 Å². The first-order valence-corrected chi connectivity index (χ1v) is 7.41. The molecule has 1 aliphatic heterocycles. The van der Waals surface area contributed by atoms with Crippen LogP contribution in [0.2, 0.25) is 0 Å². The van der Waals surface area contributed by atoms with Crippen LogP contribution in [0.15, 0.2) is 53.9 Å². The second-order valence-corrected chi connectivity index (χ2v) is 5.01. The standard InChI is InChI=1S/C18H17NO7/c1-24-16(21)11-7-8-13(14(20)10-11)19-9-5-4-6-12(17(22)25-2)15(19)18(23)26-3/h4-10,20H,1-3H3. The summed E-state index contributed by atoms with van der Waals surface area (Å²) >= 11 is 0. The predicted molar refractivity (Wildman–Crippen MR) is 91.3 cm³/mol. The van der Waals surface area contributed by atoms with Gasteiger partial charge in [-0.1, -0.05) is 6.08 Å². The molecule has 0 saturated heterocycles. The fourth-order valence-electron chi connectivity index (χ4n) is 2.32. The largest absolute Gasteiger partial charge is 0.506 e. The molecule has 0 saturated carbocycles. The minimum absolute atomic E-state index is 0.0548. The molecule has 0 radical (unpaired) electrons. The Bertz CT molecular complexity index is 836. The Morgan fingerprint density at radius 2 is 1.58 bits per heavy atom. The molecule has 8 heteroatoms.